The van der Waals surface area contributed by atoms with Crippen molar-refractivity contribution in [3.05, 3.63) is 80.1 Å². The van der Waals surface area contributed by atoms with E-state index in [0.29, 0.717) is 29.5 Å². The summed E-state index contributed by atoms with van der Waals surface area (Å²) >= 11 is 1.68. The Morgan fingerprint density at radius 3 is 2.71 bits per heavy atom. The molecule has 0 spiro atoms. The van der Waals surface area contributed by atoms with E-state index in [2.05, 4.69) is 47.4 Å². The molecule has 224 valence electrons. The molecule has 2 aromatic rings. The third-order valence-corrected chi connectivity index (χ3v) is 9.76. The van der Waals surface area contributed by atoms with Gasteiger partial charge >= 0.3 is 0 Å². The number of nitrogens with one attached hydrogen (secondary N) is 4. The number of allylic oxidation sites excluding steroid dienone is 3. The lowest BCUT2D eigenvalue weighted by molar-refractivity contribution is -0.722. The van der Waals surface area contributed by atoms with Crippen LogP contribution in [0.5, 0.6) is 0 Å². The molecule has 11 heteroatoms. The molecule has 2 aliphatic heterocycles. The summed E-state index contributed by atoms with van der Waals surface area (Å²) in [6, 6.07) is 5.55. The molecule has 5 rings (SSSR count). The van der Waals surface area contributed by atoms with Crippen molar-refractivity contribution >= 4 is 28.9 Å². The number of amides is 1. The van der Waals surface area contributed by atoms with Crippen molar-refractivity contribution in [3.8, 4) is 0 Å². The lowest BCUT2D eigenvalue weighted by Crippen LogP contribution is -3.08. The van der Waals surface area contributed by atoms with Crippen LogP contribution in [0.3, 0.4) is 0 Å². The number of nitrogens with zero attached hydrogens (tertiary/aromatic N) is 2. The fraction of sp³-hybridized carbons (Fsp3) is 0.452. The smallest absolute Gasteiger partial charge is 0.252 e. The maximum absolute atomic E-state index is 12.1. The van der Waals surface area contributed by atoms with E-state index in [1.54, 1.807) is 23.5 Å². The topological polar surface area (TPSA) is 146 Å². The van der Waals surface area contributed by atoms with Crippen molar-refractivity contribution in [2.24, 2.45) is 5.92 Å². The zero-order valence-corrected chi connectivity index (χ0v) is 25.4. The van der Waals surface area contributed by atoms with Crippen LogP contribution in [0.1, 0.15) is 71.9 Å². The molecule has 4 heterocycles. The molecule has 3 atom stereocenters. The number of hydrogen-bond donors (Lipinski definition) is 7. The van der Waals surface area contributed by atoms with Crippen molar-refractivity contribution in [2.75, 3.05) is 32.1 Å². The molecule has 0 radical (unpaired) electrons. The van der Waals surface area contributed by atoms with Crippen LogP contribution in [-0.2, 0) is 12.0 Å². The van der Waals surface area contributed by atoms with Crippen molar-refractivity contribution in [2.45, 2.75) is 58.2 Å². The lowest BCUT2D eigenvalue weighted by atomic mass is 9.79. The van der Waals surface area contributed by atoms with Gasteiger partial charge < -0.3 is 30.9 Å². The Morgan fingerprint density at radius 2 is 2.07 bits per heavy atom. The standard InChI is InChI=1S/C31H40N6O4S/c1-31(2,3)25-13-20-16-37(30(41)27(20)42-25)24-7-5-6-21(22(24)17-39)19-12-23(28(32)36(4)15-19)35-26-9-8-18(14-34-26)29(40)33-10-11-38/h8-9,12-15,21,30,32,38-39,41H,5-7,10-11,16-17H2,1-4H3,(H,33,40)(H,34,35)/p+1. The van der Waals surface area contributed by atoms with Gasteiger partial charge in [0.2, 0.25) is 5.84 Å². The molecule has 0 fully saturated rings. The maximum Gasteiger partial charge on any atom is 0.252 e. The molecule has 1 aliphatic carbocycles. The minimum Gasteiger partial charge on any atom is -0.395 e. The van der Waals surface area contributed by atoms with E-state index in [1.807, 2.05) is 19.3 Å². The average Bonchev–Trinajstić information content (AvgIpc) is 3.53. The Bertz CT molecular complexity index is 1450. The molecule has 7 N–H and O–H groups in total. The Balaban J connectivity index is 1.38. The number of carbonyl (C=O) groups is 1. The van der Waals surface area contributed by atoms with Crippen molar-refractivity contribution in [3.63, 3.8) is 0 Å². The second-order valence-electron chi connectivity index (χ2n) is 12.1. The first-order valence-electron chi connectivity index (χ1n) is 14.4. The molecule has 0 saturated carbocycles. The minimum absolute atomic E-state index is 0.0329. The fourth-order valence-corrected chi connectivity index (χ4v) is 7.07. The van der Waals surface area contributed by atoms with Crippen LogP contribution in [-0.4, -0.2) is 63.8 Å². The number of carbonyl (C=O) groups excluding carboxylic acids is 1. The second-order valence-corrected chi connectivity index (χ2v) is 13.2. The summed E-state index contributed by atoms with van der Waals surface area (Å²) in [5, 5.41) is 45.4. The Morgan fingerprint density at radius 1 is 1.29 bits per heavy atom. The monoisotopic (exact) mass is 593 g/mol. The van der Waals surface area contributed by atoms with E-state index < -0.39 is 6.23 Å². The fourth-order valence-electron chi connectivity index (χ4n) is 5.84. The number of rotatable bonds is 8. The molecule has 3 unspecified atom stereocenters. The lowest BCUT2D eigenvalue weighted by Gasteiger charge is -2.36. The molecule has 0 saturated heterocycles. The number of aromatic nitrogens is 1. The first-order valence-corrected chi connectivity index (χ1v) is 15.2. The van der Waals surface area contributed by atoms with Crippen LogP contribution in [0.4, 0.5) is 5.82 Å². The number of anilines is 1. The molecule has 0 bridgehead atoms. The number of quaternary nitrogens is 1. The van der Waals surface area contributed by atoms with Gasteiger partial charge in [0.1, 0.15) is 17.7 Å². The number of aliphatic hydroxyl groups is 3. The molecule has 2 aromatic heterocycles. The average molecular weight is 594 g/mol. The molecular formula is C31H41N6O4S+. The van der Waals surface area contributed by atoms with Crippen LogP contribution in [0.15, 0.2) is 59.2 Å². The summed E-state index contributed by atoms with van der Waals surface area (Å²) in [5.74, 6) is 0.499. The number of fused-ring (bicyclic) bond motifs is 1. The molecular weight excluding hydrogens is 552 g/mol. The van der Waals surface area contributed by atoms with Crippen LogP contribution in [0.2, 0.25) is 0 Å². The van der Waals surface area contributed by atoms with E-state index in [0.717, 1.165) is 51.4 Å². The van der Waals surface area contributed by atoms with Crippen LogP contribution in [0, 0.1) is 11.3 Å². The van der Waals surface area contributed by atoms with Crippen molar-refractivity contribution < 1.29 is 25.0 Å². The van der Waals surface area contributed by atoms with E-state index in [4.69, 9.17) is 10.5 Å². The van der Waals surface area contributed by atoms with Gasteiger partial charge in [-0.1, -0.05) is 20.8 Å². The second kappa shape index (κ2) is 12.1. The number of amidine groups is 1. The number of aliphatic hydroxyl groups excluding tert-OH is 3. The van der Waals surface area contributed by atoms with Gasteiger partial charge in [0.15, 0.2) is 6.23 Å². The summed E-state index contributed by atoms with van der Waals surface area (Å²) in [6.07, 6.45) is 7.31. The van der Waals surface area contributed by atoms with E-state index in [-0.39, 0.29) is 37.0 Å². The summed E-state index contributed by atoms with van der Waals surface area (Å²) < 4.78 is 0. The Labute approximate surface area is 250 Å². The number of pyridine rings is 1. The van der Waals surface area contributed by atoms with Gasteiger partial charge in [-0.15, -0.1) is 11.3 Å². The Kier molecular flexibility index (Phi) is 8.68. The highest BCUT2D eigenvalue weighted by molar-refractivity contribution is 7.12. The maximum atomic E-state index is 12.1. The van der Waals surface area contributed by atoms with Gasteiger partial charge in [0, 0.05) is 41.4 Å². The summed E-state index contributed by atoms with van der Waals surface area (Å²) in [4.78, 5) is 21.6. The molecule has 3 aliphatic rings. The summed E-state index contributed by atoms with van der Waals surface area (Å²) in [6.45, 7) is 7.13. The normalized spacial score (nSPS) is 22.6. The molecule has 42 heavy (non-hydrogen) atoms. The van der Waals surface area contributed by atoms with Crippen LogP contribution >= 0.6 is 11.3 Å². The van der Waals surface area contributed by atoms with E-state index in [9.17, 15) is 15.0 Å². The van der Waals surface area contributed by atoms with Gasteiger partial charge in [-0.05, 0) is 60.1 Å². The first-order chi connectivity index (χ1) is 20.0. The predicted octanol–water partition coefficient (Wildman–Crippen LogP) is 2.40. The van der Waals surface area contributed by atoms with Gasteiger partial charge in [0.25, 0.3) is 5.91 Å². The highest BCUT2D eigenvalue weighted by atomic mass is 32.1. The van der Waals surface area contributed by atoms with E-state index >= 15 is 0 Å². The zero-order valence-electron chi connectivity index (χ0n) is 24.6. The molecule has 10 nitrogen and oxygen atoms in total. The third-order valence-electron chi connectivity index (χ3n) is 8.11. The number of thiophene rings is 1. The zero-order chi connectivity index (χ0) is 30.2. The van der Waals surface area contributed by atoms with Crippen LogP contribution in [0.25, 0.3) is 0 Å². The van der Waals surface area contributed by atoms with Crippen molar-refractivity contribution in [1.82, 2.24) is 15.2 Å². The van der Waals surface area contributed by atoms with Gasteiger partial charge in [0.05, 0.1) is 30.7 Å². The summed E-state index contributed by atoms with van der Waals surface area (Å²) in [5.41, 5.74) is 5.11. The SMILES string of the molecule is C[NH+]1C=C(C2CCCC(N3Cc4cc(C(C)(C)C)sc4C3O)=C2CO)C=C(Nc2ccc(C(=O)NCCO)cn2)C1=N. The molecule has 0 aromatic carbocycles. The Hall–Kier alpha value is -3.35. The highest BCUT2D eigenvalue weighted by Crippen LogP contribution is 2.47. The number of hydrogen-bond acceptors (Lipinski definition) is 9. The number of likely N-dealkylation sites (N-methyl/N-ethyl adjacent to an activating group) is 1. The quantitative estimate of drug-likeness (QED) is 0.249. The largest absolute Gasteiger partial charge is 0.395 e. The summed E-state index contributed by atoms with van der Waals surface area (Å²) in [7, 11) is 1.90. The third kappa shape index (κ3) is 5.93. The highest BCUT2D eigenvalue weighted by Gasteiger charge is 2.38. The van der Waals surface area contributed by atoms with Gasteiger partial charge in [-0.2, -0.15) is 0 Å². The van der Waals surface area contributed by atoms with Gasteiger partial charge in [-0.3, -0.25) is 9.69 Å². The van der Waals surface area contributed by atoms with Gasteiger partial charge in [-0.25, -0.2) is 10.4 Å². The van der Waals surface area contributed by atoms with E-state index in [1.165, 1.54) is 11.1 Å². The van der Waals surface area contributed by atoms with Crippen LogP contribution < -0.4 is 15.5 Å². The van der Waals surface area contributed by atoms with Crippen molar-refractivity contribution in [1.29, 1.82) is 5.41 Å². The molecule has 1 amide bonds. The predicted molar refractivity (Wildman–Crippen MR) is 163 cm³/mol. The minimum atomic E-state index is -0.717. The first kappa shape index (κ1) is 30.1.